The summed E-state index contributed by atoms with van der Waals surface area (Å²) in [6.45, 7) is 0. The second kappa shape index (κ2) is 18.4. The molecule has 0 aromatic carbocycles. The molecule has 0 saturated carbocycles. The zero-order chi connectivity index (χ0) is 4.71. The number of nitrogens with one attached hydrogen (secondary N) is 1. The summed E-state index contributed by atoms with van der Waals surface area (Å²) in [7, 11) is 0. The van der Waals surface area contributed by atoms with Gasteiger partial charge in [-0.15, -0.1) is 0 Å². The molecular formula is HClKNO2. The normalized spacial score (nSPS) is 3.80. The summed E-state index contributed by atoms with van der Waals surface area (Å²) in [6, 6.07) is 0. The zero-order valence-electron chi connectivity index (χ0n) is 2.69. The Bertz CT molecular complexity index is 17.1. The molecule has 3 nitrogen and oxygen atoms in total. The van der Waals surface area contributed by atoms with Crippen molar-refractivity contribution in [2.45, 2.75) is 0 Å². The molecule has 5 heteroatoms. The third-order valence-electron chi connectivity index (χ3n) is 0. The zero-order valence-corrected chi connectivity index (χ0v) is 6.57. The van der Waals surface area contributed by atoms with Crippen LogP contribution in [0.1, 0.15) is 0 Å². The Labute approximate surface area is 65.0 Å². The Balaban J connectivity index is 0. The van der Waals surface area contributed by atoms with Crippen molar-refractivity contribution in [3.8, 4) is 0 Å². The van der Waals surface area contributed by atoms with Crippen LogP contribution in [-0.4, -0.2) is 47.1 Å². The SMILES string of the molecule is O=[NH+][O-].[Cl][K]. The van der Waals surface area contributed by atoms with Crippen molar-refractivity contribution >= 4 is 50.9 Å². The summed E-state index contributed by atoms with van der Waals surface area (Å²) < 4.78 is 4.83. The van der Waals surface area contributed by atoms with Crippen LogP contribution in [0.4, 0.5) is 0 Å². The second-order valence-corrected chi connectivity index (χ2v) is 0.0833. The van der Waals surface area contributed by atoms with E-state index in [1.165, 1.54) is 0 Å². The summed E-state index contributed by atoms with van der Waals surface area (Å²) >= 11 is 0.535. The van der Waals surface area contributed by atoms with Crippen LogP contribution in [-0.2, 0) is 0 Å². The maximum atomic E-state index is 8.12. The van der Waals surface area contributed by atoms with Gasteiger partial charge in [-0.2, -0.15) is 0 Å². The van der Waals surface area contributed by atoms with Crippen molar-refractivity contribution in [2.24, 2.45) is 0 Å². The molecule has 0 saturated heterocycles. The minimum absolute atomic E-state index is 0.250. The predicted octanol–water partition coefficient (Wildman–Crippen LogP) is -1.36. The quantitative estimate of drug-likeness (QED) is 0.245. The van der Waals surface area contributed by atoms with Gasteiger partial charge in [0.2, 0.25) is 0 Å². The van der Waals surface area contributed by atoms with Gasteiger partial charge in [0.1, 0.15) is 0 Å². The Morgan fingerprint density at radius 2 is 1.80 bits per heavy atom. The molecule has 0 aliphatic carbocycles. The molecule has 0 radical (unpaired) electrons. The van der Waals surface area contributed by atoms with Gasteiger partial charge in [0.15, 0.2) is 0 Å². The first kappa shape index (κ1) is 9.59. The number of hydrogen-bond acceptors (Lipinski definition) is 2. The van der Waals surface area contributed by atoms with Crippen LogP contribution >= 0.6 is 3.76 Å². The van der Waals surface area contributed by atoms with Crippen molar-refractivity contribution in [3.05, 3.63) is 10.1 Å². The molecule has 0 spiro atoms. The molecule has 0 aromatic heterocycles. The van der Waals surface area contributed by atoms with Crippen molar-refractivity contribution < 1.29 is 5.34 Å². The molecule has 1 N–H and O–H groups in total. The molecule has 0 heterocycles. The summed E-state index contributed by atoms with van der Waals surface area (Å²) in [4.78, 5) is 8.12. The van der Waals surface area contributed by atoms with Gasteiger partial charge in [-0.05, 0) is 0 Å². The van der Waals surface area contributed by atoms with Crippen LogP contribution in [0.15, 0.2) is 0 Å². The van der Waals surface area contributed by atoms with Gasteiger partial charge in [-0.3, -0.25) is 10.1 Å². The van der Waals surface area contributed by atoms with Crippen LogP contribution in [0.3, 0.4) is 0 Å². The van der Waals surface area contributed by atoms with Gasteiger partial charge in [-0.25, -0.2) is 0 Å². The molecule has 0 aliphatic rings. The summed E-state index contributed by atoms with van der Waals surface area (Å²) in [6.07, 6.45) is 0. The predicted molar refractivity (Wildman–Crippen MR) is 19.3 cm³/mol. The number of rotatable bonds is 0. The monoisotopic (exact) mass is 121 g/mol. The van der Waals surface area contributed by atoms with E-state index < -0.39 is 0 Å². The van der Waals surface area contributed by atoms with Crippen LogP contribution in [0, 0.1) is 10.1 Å². The molecule has 0 fully saturated rings. The van der Waals surface area contributed by atoms with E-state index in [0.29, 0.717) is 47.1 Å². The van der Waals surface area contributed by atoms with E-state index >= 15 is 0 Å². The average molecular weight is 122 g/mol. The fourth-order valence-corrected chi connectivity index (χ4v) is 0. The van der Waals surface area contributed by atoms with E-state index in [-0.39, 0.29) is 5.34 Å². The fraction of sp³-hybridized carbons (Fsp3) is 0. The third kappa shape index (κ3) is 33.5. The van der Waals surface area contributed by atoms with E-state index in [9.17, 15) is 0 Å². The van der Waals surface area contributed by atoms with Gasteiger partial charge >= 0.3 is 50.9 Å². The first-order chi connectivity index (χ1) is 2.41. The Kier molecular flexibility index (Phi) is 35.3. The van der Waals surface area contributed by atoms with Gasteiger partial charge in [0.25, 0.3) is 0 Å². The molecule has 5 heavy (non-hydrogen) atoms. The van der Waals surface area contributed by atoms with E-state index in [1.54, 1.807) is 0 Å². The molecule has 0 atom stereocenters. The summed E-state index contributed by atoms with van der Waals surface area (Å²) in [5, 5.41) is 8.38. The van der Waals surface area contributed by atoms with Crippen LogP contribution < -0.4 is 5.34 Å². The van der Waals surface area contributed by atoms with Gasteiger partial charge < -0.3 is 0 Å². The average Bonchev–Trinajstić information content (AvgIpc) is 1.46. The van der Waals surface area contributed by atoms with E-state index in [1.807, 2.05) is 0 Å². The van der Waals surface area contributed by atoms with Gasteiger partial charge in [0.05, 0.1) is 0 Å². The fourth-order valence-electron chi connectivity index (χ4n) is 0. The first-order valence-electron chi connectivity index (χ1n) is 0.786. The molecular weight excluding hydrogens is 121 g/mol. The summed E-state index contributed by atoms with van der Waals surface area (Å²) in [5.74, 6) is 0. The Morgan fingerprint density at radius 3 is 1.80 bits per heavy atom. The van der Waals surface area contributed by atoms with Crippen molar-refractivity contribution in [2.75, 3.05) is 0 Å². The van der Waals surface area contributed by atoms with Crippen molar-refractivity contribution in [1.29, 1.82) is 0 Å². The first-order valence-corrected chi connectivity index (χ1v) is 5.08. The maximum absolute atomic E-state index is 8.12. The Morgan fingerprint density at radius 1 is 1.80 bits per heavy atom. The van der Waals surface area contributed by atoms with E-state index in [2.05, 4.69) is 0 Å². The minimum atomic E-state index is 0.250. The van der Waals surface area contributed by atoms with E-state index in [0.717, 1.165) is 0 Å². The third-order valence-corrected chi connectivity index (χ3v) is 0. The topological polar surface area (TPSA) is 54.1 Å². The van der Waals surface area contributed by atoms with Crippen LogP contribution in [0.25, 0.3) is 0 Å². The van der Waals surface area contributed by atoms with Crippen LogP contribution in [0.2, 0.25) is 0 Å². The molecule has 26 valence electrons. The Hall–Kier alpha value is 1.33. The number of halogens is 1. The number of hydrogen-bond donors (Lipinski definition) is 1. The molecule has 0 unspecified atom stereocenters. The molecule has 0 bridgehead atoms. The molecule has 0 aromatic rings. The molecule has 0 aliphatic heterocycles. The van der Waals surface area contributed by atoms with Crippen molar-refractivity contribution in [3.63, 3.8) is 0 Å². The van der Waals surface area contributed by atoms with Crippen LogP contribution in [0.5, 0.6) is 0 Å². The molecule has 0 rings (SSSR count). The van der Waals surface area contributed by atoms with Crippen molar-refractivity contribution in [1.82, 2.24) is 0 Å². The standard InChI is InChI=1S/ClH.K.HNO2/c;;2-1-3/h1H;;1H/q;+1;/p-1. The summed E-state index contributed by atoms with van der Waals surface area (Å²) in [5.41, 5.74) is 0. The molecule has 0 amide bonds. The van der Waals surface area contributed by atoms with E-state index in [4.69, 9.17) is 13.9 Å². The van der Waals surface area contributed by atoms with Gasteiger partial charge in [-0.1, -0.05) is 0 Å². The van der Waals surface area contributed by atoms with Gasteiger partial charge in [0, 0.05) is 5.34 Å². The second-order valence-electron chi connectivity index (χ2n) is 0.0833.